The fraction of sp³-hybridized carbons (Fsp3) is 0.111. The second kappa shape index (κ2) is 4.72. The lowest BCUT2D eigenvalue weighted by Crippen LogP contribution is -2.07. The second-order valence-electron chi connectivity index (χ2n) is 2.88. The largest absolute Gasteiger partial charge is 0.397 e. The average Bonchev–Trinajstić information content (AvgIpc) is 2.28. The van der Waals surface area contributed by atoms with Crippen LogP contribution in [0.4, 0.5) is 11.4 Å². The van der Waals surface area contributed by atoms with Crippen LogP contribution >= 0.6 is 15.9 Å². The number of alkyl halides is 1. The van der Waals surface area contributed by atoms with Crippen LogP contribution in [-0.4, -0.2) is 16.0 Å². The first-order chi connectivity index (χ1) is 7.51. The molecule has 1 aromatic rings. The molecule has 0 aliphatic carbocycles. The third-order valence-electron chi connectivity index (χ3n) is 1.92. The summed E-state index contributed by atoms with van der Waals surface area (Å²) in [5.41, 5.74) is 5.12. The van der Waals surface area contributed by atoms with Crippen molar-refractivity contribution in [2.75, 3.05) is 11.1 Å². The van der Waals surface area contributed by atoms with E-state index in [-0.39, 0.29) is 27.8 Å². The number of nitrogens with zero attached hydrogens (tertiary/aromatic N) is 2. The Bertz CT molecular complexity index is 507. The Balaban J connectivity index is 3.49. The molecule has 0 bridgehead atoms. The summed E-state index contributed by atoms with van der Waals surface area (Å²) in [6.45, 7) is 0. The fourth-order valence-corrected chi connectivity index (χ4v) is 1.44. The molecule has 1 aromatic carbocycles. The van der Waals surface area contributed by atoms with Gasteiger partial charge < -0.3 is 5.73 Å². The normalized spacial score (nSPS) is 9.50. The molecule has 0 saturated carbocycles. The highest BCUT2D eigenvalue weighted by atomic mass is 79.9. The molecule has 6 nitrogen and oxygen atoms in total. The van der Waals surface area contributed by atoms with Crippen LogP contribution in [0.1, 0.15) is 15.9 Å². The number of nitro groups is 1. The number of nitriles is 1. The Morgan fingerprint density at radius 3 is 2.69 bits per heavy atom. The van der Waals surface area contributed by atoms with Gasteiger partial charge in [-0.15, -0.1) is 0 Å². The summed E-state index contributed by atoms with van der Waals surface area (Å²) in [5, 5.41) is 19.3. The molecule has 0 amide bonds. The average molecular weight is 284 g/mol. The van der Waals surface area contributed by atoms with Gasteiger partial charge in [0.25, 0.3) is 5.69 Å². The van der Waals surface area contributed by atoms with Crippen molar-refractivity contribution in [3.63, 3.8) is 0 Å². The highest BCUT2D eigenvalue weighted by molar-refractivity contribution is 9.09. The van der Waals surface area contributed by atoms with Crippen molar-refractivity contribution >= 4 is 33.1 Å². The van der Waals surface area contributed by atoms with Crippen molar-refractivity contribution < 1.29 is 9.72 Å². The van der Waals surface area contributed by atoms with Crippen LogP contribution in [-0.2, 0) is 0 Å². The quantitative estimate of drug-likeness (QED) is 0.298. The standard InChI is InChI=1S/C9H6BrN3O3/c10-3-8(14)7-2-6(13(15)16)1-5(4-11)9(7)12/h1-2H,3,12H2. The zero-order valence-electron chi connectivity index (χ0n) is 7.94. The summed E-state index contributed by atoms with van der Waals surface area (Å²) >= 11 is 2.94. The molecule has 0 atom stereocenters. The van der Waals surface area contributed by atoms with Gasteiger partial charge in [0.1, 0.15) is 6.07 Å². The molecule has 0 aliphatic rings. The molecule has 0 fully saturated rings. The Morgan fingerprint density at radius 1 is 1.62 bits per heavy atom. The van der Waals surface area contributed by atoms with E-state index >= 15 is 0 Å². The number of rotatable bonds is 3. The number of Topliss-reactive ketones (excluding diaryl/α,β-unsaturated/α-hetero) is 1. The van der Waals surface area contributed by atoms with Crippen molar-refractivity contribution in [3.8, 4) is 6.07 Å². The second-order valence-corrected chi connectivity index (χ2v) is 3.44. The third kappa shape index (κ3) is 2.17. The predicted molar refractivity (Wildman–Crippen MR) is 60.3 cm³/mol. The molecule has 2 N–H and O–H groups in total. The number of benzene rings is 1. The lowest BCUT2D eigenvalue weighted by Gasteiger charge is -2.04. The molecule has 0 saturated heterocycles. The van der Waals surface area contributed by atoms with Crippen LogP contribution in [0.25, 0.3) is 0 Å². The van der Waals surface area contributed by atoms with Crippen LogP contribution in [0.5, 0.6) is 0 Å². The van der Waals surface area contributed by atoms with Crippen LogP contribution in [0.2, 0.25) is 0 Å². The Hall–Kier alpha value is -1.94. The van der Waals surface area contributed by atoms with Gasteiger partial charge in [-0.2, -0.15) is 5.26 Å². The van der Waals surface area contributed by atoms with Gasteiger partial charge >= 0.3 is 0 Å². The van der Waals surface area contributed by atoms with Gasteiger partial charge in [-0.25, -0.2) is 0 Å². The summed E-state index contributed by atoms with van der Waals surface area (Å²) in [4.78, 5) is 21.3. The molecular weight excluding hydrogens is 278 g/mol. The molecule has 0 aliphatic heterocycles. The Morgan fingerprint density at radius 2 is 2.25 bits per heavy atom. The molecule has 0 radical (unpaired) electrons. The third-order valence-corrected chi connectivity index (χ3v) is 2.43. The van der Waals surface area contributed by atoms with E-state index < -0.39 is 10.7 Å². The molecule has 1 rings (SSSR count). The van der Waals surface area contributed by atoms with Crippen molar-refractivity contribution in [3.05, 3.63) is 33.4 Å². The van der Waals surface area contributed by atoms with E-state index in [2.05, 4.69) is 15.9 Å². The van der Waals surface area contributed by atoms with Gasteiger partial charge in [0.05, 0.1) is 21.5 Å². The number of ketones is 1. The maximum Gasteiger partial charge on any atom is 0.271 e. The molecule has 0 aromatic heterocycles. The number of carbonyl (C=O) groups excluding carboxylic acids is 1. The van der Waals surface area contributed by atoms with Crippen LogP contribution in [0, 0.1) is 21.4 Å². The molecular formula is C9H6BrN3O3. The van der Waals surface area contributed by atoms with E-state index in [0.717, 1.165) is 12.1 Å². The van der Waals surface area contributed by atoms with Crippen molar-refractivity contribution in [1.82, 2.24) is 0 Å². The van der Waals surface area contributed by atoms with Gasteiger partial charge in [0, 0.05) is 17.7 Å². The summed E-state index contributed by atoms with van der Waals surface area (Å²) in [7, 11) is 0. The number of hydrogen-bond acceptors (Lipinski definition) is 5. The zero-order valence-corrected chi connectivity index (χ0v) is 9.52. The number of nitrogen functional groups attached to an aromatic ring is 1. The minimum Gasteiger partial charge on any atom is -0.397 e. The number of hydrogen-bond donors (Lipinski definition) is 1. The van der Waals surface area contributed by atoms with Gasteiger partial charge in [-0.3, -0.25) is 14.9 Å². The topological polar surface area (TPSA) is 110 Å². The predicted octanol–water partition coefficient (Wildman–Crippen LogP) is 1.63. The van der Waals surface area contributed by atoms with Gasteiger partial charge in [-0.1, -0.05) is 15.9 Å². The number of nitrogens with two attached hydrogens (primary N) is 1. The number of carbonyl (C=O) groups is 1. The van der Waals surface area contributed by atoms with E-state index in [1.807, 2.05) is 0 Å². The molecule has 0 spiro atoms. The first kappa shape index (κ1) is 12.1. The van der Waals surface area contributed by atoms with E-state index in [1.165, 1.54) is 0 Å². The van der Waals surface area contributed by atoms with Crippen molar-refractivity contribution in [2.45, 2.75) is 0 Å². The Labute approximate surface area is 98.9 Å². The molecule has 16 heavy (non-hydrogen) atoms. The minimum atomic E-state index is -0.675. The number of non-ortho nitro benzene ring substituents is 1. The summed E-state index contributed by atoms with van der Waals surface area (Å²) in [5.74, 6) is -0.405. The summed E-state index contributed by atoms with van der Waals surface area (Å²) < 4.78 is 0. The molecule has 0 unspecified atom stereocenters. The van der Waals surface area contributed by atoms with Crippen LogP contribution in [0.15, 0.2) is 12.1 Å². The lowest BCUT2D eigenvalue weighted by molar-refractivity contribution is -0.384. The minimum absolute atomic E-state index is 0.0107. The first-order valence-corrected chi connectivity index (χ1v) is 5.20. The lowest BCUT2D eigenvalue weighted by atomic mass is 10.0. The molecule has 7 heteroatoms. The maximum atomic E-state index is 11.4. The fourth-order valence-electron chi connectivity index (χ4n) is 1.14. The zero-order chi connectivity index (χ0) is 12.3. The maximum absolute atomic E-state index is 11.4. The number of anilines is 1. The Kier molecular flexibility index (Phi) is 3.58. The smallest absolute Gasteiger partial charge is 0.271 e. The molecule has 82 valence electrons. The number of halogens is 1. The van der Waals surface area contributed by atoms with E-state index in [4.69, 9.17) is 11.0 Å². The molecule has 0 heterocycles. The number of nitro benzene ring substituents is 1. The van der Waals surface area contributed by atoms with Gasteiger partial charge in [-0.05, 0) is 0 Å². The monoisotopic (exact) mass is 283 g/mol. The van der Waals surface area contributed by atoms with E-state index in [1.54, 1.807) is 6.07 Å². The van der Waals surface area contributed by atoms with Crippen molar-refractivity contribution in [1.29, 1.82) is 5.26 Å². The van der Waals surface area contributed by atoms with Gasteiger partial charge in [0.15, 0.2) is 5.78 Å². The highest BCUT2D eigenvalue weighted by Gasteiger charge is 2.18. The summed E-state index contributed by atoms with van der Waals surface area (Å²) in [6.07, 6.45) is 0. The SMILES string of the molecule is N#Cc1cc([N+](=O)[O-])cc(C(=O)CBr)c1N. The van der Waals surface area contributed by atoms with Crippen LogP contribution in [0.3, 0.4) is 0 Å². The van der Waals surface area contributed by atoms with E-state index in [9.17, 15) is 14.9 Å². The van der Waals surface area contributed by atoms with Crippen LogP contribution < -0.4 is 5.73 Å². The summed E-state index contributed by atoms with van der Waals surface area (Å²) in [6, 6.07) is 3.82. The van der Waals surface area contributed by atoms with Gasteiger partial charge in [0.2, 0.25) is 0 Å². The highest BCUT2D eigenvalue weighted by Crippen LogP contribution is 2.25. The first-order valence-electron chi connectivity index (χ1n) is 4.08. The van der Waals surface area contributed by atoms with E-state index in [0.29, 0.717) is 0 Å². The van der Waals surface area contributed by atoms with Crippen molar-refractivity contribution in [2.24, 2.45) is 0 Å².